The zero-order valence-electron chi connectivity index (χ0n) is 10.4. The molecule has 18 heavy (non-hydrogen) atoms. The highest BCUT2D eigenvalue weighted by atomic mass is 79.9. The van der Waals surface area contributed by atoms with Crippen LogP contribution >= 0.6 is 31.9 Å². The number of hydrogen-bond donors (Lipinski definition) is 1. The van der Waals surface area contributed by atoms with Crippen LogP contribution in [-0.2, 0) is 0 Å². The van der Waals surface area contributed by atoms with Crippen LogP contribution in [0.5, 0.6) is 0 Å². The maximum atomic E-state index is 12.2. The van der Waals surface area contributed by atoms with Gasteiger partial charge in [0, 0.05) is 4.47 Å². The summed E-state index contributed by atoms with van der Waals surface area (Å²) in [6.07, 6.45) is 0. The van der Waals surface area contributed by atoms with Crippen molar-refractivity contribution in [2.45, 2.75) is 26.7 Å². The first-order valence-corrected chi connectivity index (χ1v) is 7.27. The van der Waals surface area contributed by atoms with Gasteiger partial charge in [-0.15, -0.1) is 0 Å². The molecule has 0 spiro atoms. The maximum Gasteiger partial charge on any atom is 0.285 e. The molecule has 1 aromatic carbocycles. The second kappa shape index (κ2) is 5.05. The van der Waals surface area contributed by atoms with E-state index in [0.717, 1.165) is 21.4 Å². The van der Waals surface area contributed by atoms with Gasteiger partial charge >= 0.3 is 0 Å². The minimum atomic E-state index is -0.0517. The summed E-state index contributed by atoms with van der Waals surface area (Å²) in [6.45, 7) is 6.08. The van der Waals surface area contributed by atoms with E-state index in [1.54, 1.807) is 4.68 Å². The van der Waals surface area contributed by atoms with Gasteiger partial charge in [0.1, 0.15) is 4.47 Å². The van der Waals surface area contributed by atoms with Crippen molar-refractivity contribution in [1.29, 1.82) is 0 Å². The van der Waals surface area contributed by atoms with E-state index in [1.165, 1.54) is 0 Å². The Hall–Kier alpha value is -0.810. The molecule has 0 bridgehead atoms. The first-order chi connectivity index (χ1) is 8.41. The van der Waals surface area contributed by atoms with Crippen molar-refractivity contribution in [3.63, 3.8) is 0 Å². The number of nitrogens with zero attached hydrogens (tertiary/aromatic N) is 1. The van der Waals surface area contributed by atoms with Crippen molar-refractivity contribution in [3.05, 3.63) is 48.8 Å². The second-order valence-corrected chi connectivity index (χ2v) is 6.27. The SMILES string of the molecule is Cc1cc(Br)ccc1-n1[nH]c(C(C)C)c(Br)c1=O. The molecular formula is C13H14Br2N2O. The van der Waals surface area contributed by atoms with Crippen LogP contribution in [0.1, 0.15) is 31.0 Å². The number of aromatic nitrogens is 2. The Morgan fingerprint density at radius 1 is 1.28 bits per heavy atom. The van der Waals surface area contributed by atoms with Crippen LogP contribution in [0, 0.1) is 6.92 Å². The number of halogens is 2. The molecule has 0 aliphatic rings. The minimum absolute atomic E-state index is 0.0517. The zero-order valence-corrected chi connectivity index (χ0v) is 13.6. The van der Waals surface area contributed by atoms with Crippen LogP contribution in [0.4, 0.5) is 0 Å². The molecule has 96 valence electrons. The fraction of sp³-hybridized carbons (Fsp3) is 0.308. The van der Waals surface area contributed by atoms with Crippen molar-refractivity contribution in [1.82, 2.24) is 9.78 Å². The second-order valence-electron chi connectivity index (χ2n) is 4.57. The number of nitrogens with one attached hydrogen (secondary N) is 1. The summed E-state index contributed by atoms with van der Waals surface area (Å²) in [5.41, 5.74) is 2.78. The third-order valence-electron chi connectivity index (χ3n) is 2.84. The Labute approximate surface area is 122 Å². The molecule has 0 fully saturated rings. The molecule has 1 heterocycles. The van der Waals surface area contributed by atoms with Gasteiger partial charge in [0.2, 0.25) is 0 Å². The van der Waals surface area contributed by atoms with E-state index >= 15 is 0 Å². The minimum Gasteiger partial charge on any atom is -0.294 e. The lowest BCUT2D eigenvalue weighted by molar-refractivity contribution is 0.757. The number of rotatable bonds is 2. The summed E-state index contributed by atoms with van der Waals surface area (Å²) < 4.78 is 3.20. The molecule has 1 N–H and O–H groups in total. The van der Waals surface area contributed by atoms with Gasteiger partial charge in [-0.2, -0.15) is 0 Å². The summed E-state index contributed by atoms with van der Waals surface area (Å²) in [7, 11) is 0. The highest BCUT2D eigenvalue weighted by Gasteiger charge is 2.16. The summed E-state index contributed by atoms with van der Waals surface area (Å²) in [4.78, 5) is 12.2. The Bertz CT molecular complexity index is 641. The van der Waals surface area contributed by atoms with Crippen molar-refractivity contribution in [3.8, 4) is 5.69 Å². The van der Waals surface area contributed by atoms with Gasteiger partial charge in [0.05, 0.1) is 11.4 Å². The van der Waals surface area contributed by atoms with E-state index in [2.05, 4.69) is 50.8 Å². The van der Waals surface area contributed by atoms with Crippen LogP contribution in [0.15, 0.2) is 31.9 Å². The molecule has 0 saturated carbocycles. The lowest BCUT2D eigenvalue weighted by Gasteiger charge is -2.07. The topological polar surface area (TPSA) is 37.8 Å². The number of benzene rings is 1. The van der Waals surface area contributed by atoms with E-state index in [1.807, 2.05) is 25.1 Å². The number of aryl methyl sites for hydroxylation is 1. The third kappa shape index (κ3) is 2.34. The molecule has 2 rings (SSSR count). The molecule has 0 saturated heterocycles. The van der Waals surface area contributed by atoms with E-state index in [0.29, 0.717) is 4.47 Å². The van der Waals surface area contributed by atoms with Crippen LogP contribution in [0.25, 0.3) is 5.69 Å². The summed E-state index contributed by atoms with van der Waals surface area (Å²) in [5, 5.41) is 3.17. The van der Waals surface area contributed by atoms with E-state index < -0.39 is 0 Å². The zero-order chi connectivity index (χ0) is 13.4. The largest absolute Gasteiger partial charge is 0.294 e. The van der Waals surface area contributed by atoms with Crippen LogP contribution in [0.2, 0.25) is 0 Å². The smallest absolute Gasteiger partial charge is 0.285 e. The molecule has 1 aromatic heterocycles. The fourth-order valence-corrected chi connectivity index (χ4v) is 3.05. The van der Waals surface area contributed by atoms with Crippen molar-refractivity contribution < 1.29 is 0 Å². The Morgan fingerprint density at radius 3 is 2.44 bits per heavy atom. The van der Waals surface area contributed by atoms with Crippen molar-refractivity contribution in [2.24, 2.45) is 0 Å². The number of aromatic amines is 1. The summed E-state index contributed by atoms with van der Waals surface area (Å²) >= 11 is 6.79. The molecule has 0 aliphatic heterocycles. The normalized spacial score (nSPS) is 11.2. The lowest BCUT2D eigenvalue weighted by Crippen LogP contribution is -2.15. The monoisotopic (exact) mass is 372 g/mol. The Morgan fingerprint density at radius 2 is 1.94 bits per heavy atom. The van der Waals surface area contributed by atoms with Crippen LogP contribution in [-0.4, -0.2) is 9.78 Å². The summed E-state index contributed by atoms with van der Waals surface area (Å²) in [6, 6.07) is 5.85. The molecule has 2 aromatic rings. The third-order valence-corrected chi connectivity index (χ3v) is 4.10. The lowest BCUT2D eigenvalue weighted by atomic mass is 10.1. The van der Waals surface area contributed by atoms with Gasteiger partial charge in [-0.3, -0.25) is 9.89 Å². The van der Waals surface area contributed by atoms with E-state index in [9.17, 15) is 4.79 Å². The highest BCUT2D eigenvalue weighted by Crippen LogP contribution is 2.23. The fourth-order valence-electron chi connectivity index (χ4n) is 1.86. The Kier molecular flexibility index (Phi) is 3.82. The van der Waals surface area contributed by atoms with Crippen molar-refractivity contribution in [2.75, 3.05) is 0 Å². The number of hydrogen-bond acceptors (Lipinski definition) is 1. The Balaban J connectivity index is 2.65. The van der Waals surface area contributed by atoms with Gasteiger partial charge in [-0.1, -0.05) is 29.8 Å². The average molecular weight is 374 g/mol. The average Bonchev–Trinajstić information content (AvgIpc) is 2.57. The van der Waals surface area contributed by atoms with E-state index in [4.69, 9.17) is 0 Å². The number of H-pyrrole nitrogens is 1. The van der Waals surface area contributed by atoms with Gasteiger partial charge in [0.15, 0.2) is 0 Å². The standard InChI is InChI=1S/C13H14Br2N2O/c1-7(2)12-11(15)13(18)17(16-12)10-5-4-9(14)6-8(10)3/h4-7,16H,1-3H3. The molecule has 3 nitrogen and oxygen atoms in total. The van der Waals surface area contributed by atoms with Gasteiger partial charge in [0.25, 0.3) is 5.56 Å². The van der Waals surface area contributed by atoms with Gasteiger partial charge < -0.3 is 0 Å². The summed E-state index contributed by atoms with van der Waals surface area (Å²) in [5.74, 6) is 0.268. The molecule has 0 radical (unpaired) electrons. The molecule has 0 atom stereocenters. The predicted molar refractivity (Wildman–Crippen MR) is 80.6 cm³/mol. The molecule has 0 amide bonds. The molecular weight excluding hydrogens is 360 g/mol. The van der Waals surface area contributed by atoms with E-state index in [-0.39, 0.29) is 11.5 Å². The predicted octanol–water partition coefficient (Wildman–Crippen LogP) is 4.12. The maximum absolute atomic E-state index is 12.2. The van der Waals surface area contributed by atoms with Gasteiger partial charge in [-0.25, -0.2) is 4.68 Å². The first kappa shape index (κ1) is 13.6. The first-order valence-electron chi connectivity index (χ1n) is 5.68. The van der Waals surface area contributed by atoms with Crippen molar-refractivity contribution >= 4 is 31.9 Å². The van der Waals surface area contributed by atoms with Crippen LogP contribution < -0.4 is 5.56 Å². The van der Waals surface area contributed by atoms with Crippen LogP contribution in [0.3, 0.4) is 0 Å². The highest BCUT2D eigenvalue weighted by molar-refractivity contribution is 9.10. The molecule has 0 aliphatic carbocycles. The van der Waals surface area contributed by atoms with Gasteiger partial charge in [-0.05, 0) is 52.5 Å². The quantitative estimate of drug-likeness (QED) is 0.844. The molecule has 0 unspecified atom stereocenters. The molecule has 5 heteroatoms.